The minimum absolute atomic E-state index is 0.330. The van der Waals surface area contributed by atoms with E-state index in [4.69, 9.17) is 9.47 Å². The minimum Gasteiger partial charge on any atom is -0.507 e. The first-order chi connectivity index (χ1) is 8.75. The average molecular weight is 264 g/mol. The number of benzene rings is 1. The number of phenolic OH excluding ortho intramolecular Hbond substituents is 1. The Morgan fingerprint density at radius 1 is 1.26 bits per heavy atom. The molecule has 1 aliphatic rings. The third kappa shape index (κ3) is 2.27. The molecule has 4 nitrogen and oxygen atoms in total. The van der Waals surface area contributed by atoms with Gasteiger partial charge < -0.3 is 14.6 Å². The van der Waals surface area contributed by atoms with Crippen molar-refractivity contribution in [1.29, 1.82) is 0 Å². The topological polar surface area (TPSA) is 55.8 Å². The van der Waals surface area contributed by atoms with Gasteiger partial charge in [0.1, 0.15) is 11.5 Å². The molecule has 0 saturated carbocycles. The lowest BCUT2D eigenvalue weighted by Gasteiger charge is -2.36. The Bertz CT molecular complexity index is 548. The fraction of sp³-hybridized carbons (Fsp3) is 0.533. The lowest BCUT2D eigenvalue weighted by molar-refractivity contribution is -0.194. The van der Waals surface area contributed by atoms with E-state index in [1.807, 2.05) is 20.8 Å². The third-order valence-electron chi connectivity index (χ3n) is 3.85. The third-order valence-corrected chi connectivity index (χ3v) is 3.85. The van der Waals surface area contributed by atoms with E-state index in [1.54, 1.807) is 6.92 Å². The first-order valence-corrected chi connectivity index (χ1v) is 6.45. The van der Waals surface area contributed by atoms with Crippen molar-refractivity contribution in [3.05, 3.63) is 22.3 Å². The molecule has 1 N–H and O–H groups in total. The van der Waals surface area contributed by atoms with Crippen molar-refractivity contribution in [2.75, 3.05) is 0 Å². The summed E-state index contributed by atoms with van der Waals surface area (Å²) in [6.07, 6.45) is 1.31. The summed E-state index contributed by atoms with van der Waals surface area (Å²) in [5.74, 6) is -0.200. The van der Waals surface area contributed by atoms with Crippen molar-refractivity contribution >= 4 is 5.97 Å². The second kappa shape index (κ2) is 4.44. The van der Waals surface area contributed by atoms with Crippen LogP contribution in [-0.4, -0.2) is 16.9 Å². The number of rotatable bonds is 1. The maximum atomic E-state index is 11.2. The number of carbonyl (C=O) groups is 1. The molecule has 4 heteroatoms. The molecule has 0 aliphatic carbocycles. The van der Waals surface area contributed by atoms with Gasteiger partial charge in [-0.25, -0.2) is 0 Å². The Morgan fingerprint density at radius 2 is 1.89 bits per heavy atom. The summed E-state index contributed by atoms with van der Waals surface area (Å²) < 4.78 is 11.2. The van der Waals surface area contributed by atoms with E-state index < -0.39 is 5.79 Å². The van der Waals surface area contributed by atoms with Gasteiger partial charge in [0.25, 0.3) is 5.79 Å². The van der Waals surface area contributed by atoms with Crippen molar-refractivity contribution < 1.29 is 19.4 Å². The summed E-state index contributed by atoms with van der Waals surface area (Å²) in [6.45, 7) is 8.81. The highest BCUT2D eigenvalue weighted by molar-refractivity contribution is 5.66. The highest BCUT2D eigenvalue weighted by atomic mass is 16.7. The van der Waals surface area contributed by atoms with Gasteiger partial charge in [0.05, 0.1) is 0 Å². The molecule has 0 radical (unpaired) electrons. The van der Waals surface area contributed by atoms with Crippen LogP contribution in [0.5, 0.6) is 11.5 Å². The highest BCUT2D eigenvalue weighted by Gasteiger charge is 2.37. The van der Waals surface area contributed by atoms with E-state index in [-0.39, 0.29) is 5.97 Å². The van der Waals surface area contributed by atoms with Crippen LogP contribution >= 0.6 is 0 Å². The molecule has 1 aromatic carbocycles. The Kier molecular flexibility index (Phi) is 3.20. The minimum atomic E-state index is -0.917. The predicted octanol–water partition coefficient (Wildman–Crippen LogP) is 2.92. The second-order valence-electron chi connectivity index (χ2n) is 5.36. The molecule has 19 heavy (non-hydrogen) atoms. The summed E-state index contributed by atoms with van der Waals surface area (Å²) in [6, 6.07) is 0. The first kappa shape index (κ1) is 13.7. The quantitative estimate of drug-likeness (QED) is 0.792. The lowest BCUT2D eigenvalue weighted by atomic mass is 9.91. The Morgan fingerprint density at radius 3 is 2.47 bits per heavy atom. The van der Waals surface area contributed by atoms with Crippen molar-refractivity contribution in [3.63, 3.8) is 0 Å². The number of carbonyl (C=O) groups excluding carboxylic acids is 1. The zero-order chi connectivity index (χ0) is 14.4. The molecule has 0 fully saturated rings. The Labute approximate surface area is 113 Å². The molecule has 0 aromatic heterocycles. The molecule has 0 spiro atoms. The van der Waals surface area contributed by atoms with Crippen LogP contribution in [0.3, 0.4) is 0 Å². The van der Waals surface area contributed by atoms with Crippen molar-refractivity contribution in [3.8, 4) is 11.5 Å². The number of hydrogen-bond acceptors (Lipinski definition) is 4. The van der Waals surface area contributed by atoms with E-state index in [0.29, 0.717) is 12.2 Å². The van der Waals surface area contributed by atoms with Crippen LogP contribution in [0, 0.1) is 20.8 Å². The number of esters is 1. The van der Waals surface area contributed by atoms with E-state index in [0.717, 1.165) is 34.4 Å². The van der Waals surface area contributed by atoms with Gasteiger partial charge >= 0.3 is 5.97 Å². The van der Waals surface area contributed by atoms with Crippen LogP contribution in [0.25, 0.3) is 0 Å². The maximum Gasteiger partial charge on any atom is 0.305 e. The van der Waals surface area contributed by atoms with Gasteiger partial charge in [0, 0.05) is 25.8 Å². The van der Waals surface area contributed by atoms with Gasteiger partial charge in [-0.2, -0.15) is 0 Å². The largest absolute Gasteiger partial charge is 0.507 e. The van der Waals surface area contributed by atoms with E-state index in [9.17, 15) is 9.90 Å². The zero-order valence-corrected chi connectivity index (χ0v) is 12.1. The number of hydrogen-bond donors (Lipinski definition) is 1. The van der Waals surface area contributed by atoms with Gasteiger partial charge in [-0.1, -0.05) is 0 Å². The van der Waals surface area contributed by atoms with E-state index in [2.05, 4.69) is 0 Å². The van der Waals surface area contributed by atoms with Crippen LogP contribution in [-0.2, 0) is 16.0 Å². The second-order valence-corrected chi connectivity index (χ2v) is 5.36. The van der Waals surface area contributed by atoms with Gasteiger partial charge in [0.15, 0.2) is 0 Å². The molecule has 0 bridgehead atoms. The standard InChI is InChI=1S/C15H20O4/c1-8-9(2)14-12(10(3)13(8)17)6-7-15(5,19-14)18-11(4)16/h17H,6-7H2,1-5H3/t15-/m0/s1. The number of fused-ring (bicyclic) bond motifs is 1. The summed E-state index contributed by atoms with van der Waals surface area (Å²) in [5, 5.41) is 10.1. The highest BCUT2D eigenvalue weighted by Crippen LogP contribution is 2.43. The van der Waals surface area contributed by atoms with Gasteiger partial charge in [0.2, 0.25) is 0 Å². The molecule has 1 aromatic rings. The molecule has 104 valence electrons. The summed E-state index contributed by atoms with van der Waals surface area (Å²) in [7, 11) is 0. The first-order valence-electron chi connectivity index (χ1n) is 6.45. The number of aromatic hydroxyl groups is 1. The van der Waals surface area contributed by atoms with Crippen LogP contribution in [0.15, 0.2) is 0 Å². The van der Waals surface area contributed by atoms with E-state index >= 15 is 0 Å². The lowest BCUT2D eigenvalue weighted by Crippen LogP contribution is -2.41. The number of ether oxygens (including phenoxy) is 2. The van der Waals surface area contributed by atoms with Crippen molar-refractivity contribution in [1.82, 2.24) is 0 Å². The van der Waals surface area contributed by atoms with Crippen LogP contribution in [0.1, 0.15) is 42.5 Å². The molecule has 0 amide bonds. The van der Waals surface area contributed by atoms with Gasteiger partial charge in [-0.3, -0.25) is 4.79 Å². The normalized spacial score (nSPS) is 21.5. The van der Waals surface area contributed by atoms with Crippen LogP contribution < -0.4 is 4.74 Å². The predicted molar refractivity (Wildman–Crippen MR) is 71.4 cm³/mol. The molecule has 0 unspecified atom stereocenters. The van der Waals surface area contributed by atoms with Crippen LogP contribution in [0.4, 0.5) is 0 Å². The SMILES string of the molecule is CC(=O)O[C@]1(C)CCc2c(C)c(O)c(C)c(C)c2O1. The Balaban J connectivity index is 2.49. The summed E-state index contributed by atoms with van der Waals surface area (Å²) in [5.41, 5.74) is 3.56. The maximum absolute atomic E-state index is 11.2. The molecule has 1 heterocycles. The molecular weight excluding hydrogens is 244 g/mol. The molecule has 1 aliphatic heterocycles. The van der Waals surface area contributed by atoms with Gasteiger partial charge in [-0.15, -0.1) is 0 Å². The number of phenols is 1. The molecule has 0 saturated heterocycles. The average Bonchev–Trinajstić information content (AvgIpc) is 2.32. The Hall–Kier alpha value is -1.71. The molecule has 1 atom stereocenters. The fourth-order valence-electron chi connectivity index (χ4n) is 2.60. The van der Waals surface area contributed by atoms with Crippen molar-refractivity contribution in [2.24, 2.45) is 0 Å². The molecular formula is C15H20O4. The smallest absolute Gasteiger partial charge is 0.305 e. The zero-order valence-electron chi connectivity index (χ0n) is 12.1. The summed E-state index contributed by atoms with van der Waals surface area (Å²) in [4.78, 5) is 11.2. The summed E-state index contributed by atoms with van der Waals surface area (Å²) >= 11 is 0. The monoisotopic (exact) mass is 264 g/mol. The van der Waals surface area contributed by atoms with Crippen LogP contribution in [0.2, 0.25) is 0 Å². The fourth-order valence-corrected chi connectivity index (χ4v) is 2.60. The molecule has 2 rings (SSSR count). The van der Waals surface area contributed by atoms with E-state index in [1.165, 1.54) is 6.92 Å². The van der Waals surface area contributed by atoms with Crippen molar-refractivity contribution in [2.45, 2.75) is 53.2 Å². The van der Waals surface area contributed by atoms with Gasteiger partial charge in [-0.05, 0) is 43.9 Å².